The topological polar surface area (TPSA) is 17.1 Å². The molecule has 0 fully saturated rings. The van der Waals surface area contributed by atoms with E-state index in [-0.39, 0.29) is 5.24 Å². The third-order valence-corrected chi connectivity index (χ3v) is 4.57. The Kier molecular flexibility index (Phi) is 19.5. The fraction of sp³-hybridized carbons (Fsp3) is 0.857. The molecule has 0 aliphatic rings. The van der Waals surface area contributed by atoms with E-state index in [1.54, 1.807) is 0 Å². The lowest BCUT2D eigenvalue weighted by molar-refractivity contribution is -0.111. The van der Waals surface area contributed by atoms with Crippen molar-refractivity contribution in [2.45, 2.75) is 116 Å². The Hall–Kier alpha value is -0.300. The Bertz CT molecular complexity index is 273. The molecule has 1 nitrogen and oxygen atoms in total. The van der Waals surface area contributed by atoms with Gasteiger partial charge in [-0.1, -0.05) is 89.7 Å². The Morgan fingerprint density at radius 3 is 1.48 bits per heavy atom. The van der Waals surface area contributed by atoms with Gasteiger partial charge in [0.05, 0.1) is 0 Å². The van der Waals surface area contributed by atoms with Gasteiger partial charge in [-0.05, 0) is 43.7 Å². The minimum absolute atomic E-state index is 0.183. The highest BCUT2D eigenvalue weighted by Crippen LogP contribution is 2.13. The standard InChI is InChI=1S/C21H39ClO/c1-2-3-4-5-6-7-8-9-10-11-12-13-14-15-16-17-18-19-20-21(22)23/h6-7H,2-5,8-20H2,1H3/b7-6+. The quantitative estimate of drug-likeness (QED) is 0.140. The van der Waals surface area contributed by atoms with E-state index >= 15 is 0 Å². The molecule has 0 rings (SSSR count). The zero-order chi connectivity index (χ0) is 17.0. The predicted octanol–water partition coefficient (Wildman–Crippen LogP) is 7.96. The zero-order valence-electron chi connectivity index (χ0n) is 15.5. The van der Waals surface area contributed by atoms with Crippen molar-refractivity contribution in [3.05, 3.63) is 12.2 Å². The first-order valence-corrected chi connectivity index (χ1v) is 10.5. The van der Waals surface area contributed by atoms with Crippen molar-refractivity contribution in [1.29, 1.82) is 0 Å². The van der Waals surface area contributed by atoms with E-state index in [1.807, 2.05) is 0 Å². The van der Waals surface area contributed by atoms with Gasteiger partial charge in [0.1, 0.15) is 0 Å². The second-order valence-electron chi connectivity index (χ2n) is 6.75. The molecule has 0 amide bonds. The summed E-state index contributed by atoms with van der Waals surface area (Å²) >= 11 is 5.31. The molecule has 0 saturated carbocycles. The average Bonchev–Trinajstić information content (AvgIpc) is 2.53. The number of hydrogen-bond acceptors (Lipinski definition) is 1. The van der Waals surface area contributed by atoms with Crippen LogP contribution in [0.1, 0.15) is 116 Å². The van der Waals surface area contributed by atoms with Gasteiger partial charge in [0.15, 0.2) is 0 Å². The minimum Gasteiger partial charge on any atom is -0.281 e. The number of rotatable bonds is 18. The molecule has 0 aromatic heterocycles. The first kappa shape index (κ1) is 22.7. The van der Waals surface area contributed by atoms with Crippen LogP contribution in [-0.4, -0.2) is 5.24 Å². The van der Waals surface area contributed by atoms with Crippen LogP contribution in [0.25, 0.3) is 0 Å². The average molecular weight is 343 g/mol. The SMILES string of the molecule is CCCCC/C=C/CCCCCCCCCCCCCC(=O)Cl. The Morgan fingerprint density at radius 1 is 0.652 bits per heavy atom. The van der Waals surface area contributed by atoms with Gasteiger partial charge in [0.25, 0.3) is 0 Å². The Balaban J connectivity index is 3.04. The molecule has 0 heterocycles. The van der Waals surface area contributed by atoms with Gasteiger partial charge in [-0.3, -0.25) is 4.79 Å². The van der Waals surface area contributed by atoms with Crippen LogP contribution < -0.4 is 0 Å². The lowest BCUT2D eigenvalue weighted by Crippen LogP contribution is -1.86. The van der Waals surface area contributed by atoms with Crippen LogP contribution in [0, 0.1) is 0 Å². The number of allylic oxidation sites excluding steroid dienone is 2. The molecule has 0 aliphatic carbocycles. The van der Waals surface area contributed by atoms with Crippen LogP contribution in [-0.2, 0) is 4.79 Å². The molecule has 0 aromatic carbocycles. The van der Waals surface area contributed by atoms with Gasteiger partial charge in [0.2, 0.25) is 5.24 Å². The molecule has 0 aromatic rings. The second kappa shape index (κ2) is 19.7. The monoisotopic (exact) mass is 342 g/mol. The molecule has 0 atom stereocenters. The molecule has 0 saturated heterocycles. The summed E-state index contributed by atoms with van der Waals surface area (Å²) in [4.78, 5) is 10.6. The first-order chi connectivity index (χ1) is 11.3. The van der Waals surface area contributed by atoms with E-state index in [0.29, 0.717) is 6.42 Å². The summed E-state index contributed by atoms with van der Waals surface area (Å²) in [7, 11) is 0. The van der Waals surface area contributed by atoms with Crippen molar-refractivity contribution in [3.63, 3.8) is 0 Å². The van der Waals surface area contributed by atoms with Crippen LogP contribution in [0.5, 0.6) is 0 Å². The fourth-order valence-electron chi connectivity index (χ4n) is 2.87. The highest BCUT2D eigenvalue weighted by Gasteiger charge is 1.96. The summed E-state index contributed by atoms with van der Waals surface area (Å²) in [5.74, 6) is 0. The predicted molar refractivity (Wildman–Crippen MR) is 104 cm³/mol. The summed E-state index contributed by atoms with van der Waals surface area (Å²) in [6.45, 7) is 2.26. The number of unbranched alkanes of at least 4 members (excludes halogenated alkanes) is 14. The van der Waals surface area contributed by atoms with Crippen molar-refractivity contribution >= 4 is 16.8 Å². The molecule has 0 bridgehead atoms. The maximum absolute atomic E-state index is 10.6. The molecule has 0 spiro atoms. The van der Waals surface area contributed by atoms with Crippen molar-refractivity contribution in [2.24, 2.45) is 0 Å². The lowest BCUT2D eigenvalue weighted by Gasteiger charge is -2.02. The van der Waals surface area contributed by atoms with Gasteiger partial charge < -0.3 is 0 Å². The van der Waals surface area contributed by atoms with Crippen LogP contribution >= 0.6 is 11.6 Å². The highest BCUT2D eigenvalue weighted by molar-refractivity contribution is 6.63. The molecule has 0 aliphatic heterocycles. The first-order valence-electron chi connectivity index (χ1n) is 10.1. The number of halogens is 1. The summed E-state index contributed by atoms with van der Waals surface area (Å²) in [6.07, 6.45) is 26.3. The summed E-state index contributed by atoms with van der Waals surface area (Å²) < 4.78 is 0. The molecule has 136 valence electrons. The third kappa shape index (κ3) is 21.7. The van der Waals surface area contributed by atoms with Crippen molar-refractivity contribution in [3.8, 4) is 0 Å². The molecule has 0 radical (unpaired) electrons. The van der Waals surface area contributed by atoms with E-state index in [0.717, 1.165) is 12.8 Å². The van der Waals surface area contributed by atoms with Crippen molar-refractivity contribution in [2.75, 3.05) is 0 Å². The third-order valence-electron chi connectivity index (χ3n) is 4.39. The highest BCUT2D eigenvalue weighted by atomic mass is 35.5. The largest absolute Gasteiger partial charge is 0.281 e. The summed E-state index contributed by atoms with van der Waals surface area (Å²) in [5, 5.41) is -0.183. The van der Waals surface area contributed by atoms with Crippen LogP contribution in [0.3, 0.4) is 0 Å². The van der Waals surface area contributed by atoms with Crippen molar-refractivity contribution in [1.82, 2.24) is 0 Å². The molecule has 23 heavy (non-hydrogen) atoms. The molecular weight excluding hydrogens is 304 g/mol. The maximum atomic E-state index is 10.6. The van der Waals surface area contributed by atoms with E-state index in [4.69, 9.17) is 11.6 Å². The molecular formula is C21H39ClO. The molecule has 2 heteroatoms. The van der Waals surface area contributed by atoms with Gasteiger partial charge in [0, 0.05) is 6.42 Å². The van der Waals surface area contributed by atoms with E-state index in [2.05, 4.69) is 19.1 Å². The van der Waals surface area contributed by atoms with Crippen LogP contribution in [0.2, 0.25) is 0 Å². The maximum Gasteiger partial charge on any atom is 0.221 e. The molecule has 0 unspecified atom stereocenters. The summed E-state index contributed by atoms with van der Waals surface area (Å²) in [5.41, 5.74) is 0. The minimum atomic E-state index is -0.183. The lowest BCUT2D eigenvalue weighted by atomic mass is 10.0. The number of carbonyl (C=O) groups excluding carboxylic acids is 1. The van der Waals surface area contributed by atoms with Gasteiger partial charge >= 0.3 is 0 Å². The second-order valence-corrected chi connectivity index (χ2v) is 7.17. The zero-order valence-corrected chi connectivity index (χ0v) is 16.2. The Morgan fingerprint density at radius 2 is 1.04 bits per heavy atom. The molecule has 0 N–H and O–H groups in total. The van der Waals surface area contributed by atoms with Crippen LogP contribution in [0.15, 0.2) is 12.2 Å². The van der Waals surface area contributed by atoms with Crippen LogP contribution in [0.4, 0.5) is 0 Å². The number of hydrogen-bond donors (Lipinski definition) is 0. The van der Waals surface area contributed by atoms with Gasteiger partial charge in [-0.2, -0.15) is 0 Å². The van der Waals surface area contributed by atoms with Gasteiger partial charge in [-0.25, -0.2) is 0 Å². The van der Waals surface area contributed by atoms with Crippen molar-refractivity contribution < 1.29 is 4.79 Å². The fourth-order valence-corrected chi connectivity index (χ4v) is 3.00. The normalized spacial score (nSPS) is 11.4. The van der Waals surface area contributed by atoms with E-state index in [1.165, 1.54) is 89.9 Å². The number of carbonyl (C=O) groups is 1. The smallest absolute Gasteiger partial charge is 0.221 e. The van der Waals surface area contributed by atoms with Gasteiger partial charge in [-0.15, -0.1) is 0 Å². The van der Waals surface area contributed by atoms with E-state index < -0.39 is 0 Å². The summed E-state index contributed by atoms with van der Waals surface area (Å²) in [6, 6.07) is 0. The van der Waals surface area contributed by atoms with E-state index in [9.17, 15) is 4.79 Å². The Labute approximate surface area is 150 Å².